The lowest BCUT2D eigenvalue weighted by molar-refractivity contribution is 0.222. The molecule has 0 saturated heterocycles. The second-order valence-corrected chi connectivity index (χ2v) is 4.16. The molecule has 1 N–H and O–H groups in total. The fraction of sp³-hybridized carbons (Fsp3) is 0.455. The Morgan fingerprint density at radius 2 is 2.25 bits per heavy atom. The maximum atomic E-state index is 12.0. The van der Waals surface area contributed by atoms with Crippen LogP contribution in [0.3, 0.4) is 0 Å². The summed E-state index contributed by atoms with van der Waals surface area (Å²) in [4.78, 5) is 12.0. The largest absolute Gasteiger partial charge is 0.396 e. The summed E-state index contributed by atoms with van der Waals surface area (Å²) in [5.41, 5.74) is 1.33. The lowest BCUT2D eigenvalue weighted by Gasteiger charge is -2.10. The van der Waals surface area contributed by atoms with Crippen molar-refractivity contribution in [3.63, 3.8) is 0 Å². The van der Waals surface area contributed by atoms with Crippen molar-refractivity contribution >= 4 is 5.52 Å². The predicted molar refractivity (Wildman–Crippen MR) is 60.4 cm³/mol. The van der Waals surface area contributed by atoms with Crippen LogP contribution in [-0.4, -0.2) is 25.9 Å². The predicted octanol–water partition coefficient (Wildman–Crippen LogP) is 0.433. The Bertz CT molecular complexity index is 556. The van der Waals surface area contributed by atoms with Gasteiger partial charge < -0.3 is 9.67 Å². The van der Waals surface area contributed by atoms with Crippen LogP contribution in [-0.2, 0) is 6.54 Å². The summed E-state index contributed by atoms with van der Waals surface area (Å²) in [5, 5.41) is 13.1. The second kappa shape index (κ2) is 4.09. The summed E-state index contributed by atoms with van der Waals surface area (Å²) >= 11 is 0. The number of aromatic nitrogens is 3. The minimum Gasteiger partial charge on any atom is -0.396 e. The Labute approximate surface area is 92.9 Å². The van der Waals surface area contributed by atoms with Crippen molar-refractivity contribution in [1.82, 2.24) is 14.2 Å². The summed E-state index contributed by atoms with van der Waals surface area (Å²) in [6.45, 7) is 4.36. The number of nitrogens with zero attached hydrogens (tertiary/aromatic N) is 3. The summed E-state index contributed by atoms with van der Waals surface area (Å²) in [6.07, 6.45) is 3.46. The van der Waals surface area contributed by atoms with Gasteiger partial charge in [-0.05, 0) is 18.9 Å². The van der Waals surface area contributed by atoms with E-state index >= 15 is 0 Å². The number of hydrogen-bond donors (Lipinski definition) is 1. The average molecular weight is 221 g/mol. The van der Waals surface area contributed by atoms with Crippen molar-refractivity contribution in [3.8, 4) is 0 Å². The highest BCUT2D eigenvalue weighted by atomic mass is 16.3. The Kier molecular flexibility index (Phi) is 2.78. The quantitative estimate of drug-likeness (QED) is 0.817. The van der Waals surface area contributed by atoms with Crippen LogP contribution in [0.25, 0.3) is 5.52 Å². The van der Waals surface area contributed by atoms with Crippen molar-refractivity contribution in [2.75, 3.05) is 6.61 Å². The van der Waals surface area contributed by atoms with E-state index in [4.69, 9.17) is 5.11 Å². The van der Waals surface area contributed by atoms with Gasteiger partial charge in [0.25, 0.3) is 5.56 Å². The van der Waals surface area contributed by atoms with Gasteiger partial charge in [0.1, 0.15) is 5.52 Å². The van der Waals surface area contributed by atoms with Gasteiger partial charge >= 0.3 is 0 Å². The maximum Gasteiger partial charge on any atom is 0.276 e. The molecule has 2 rings (SSSR count). The topological polar surface area (TPSA) is 59.5 Å². The van der Waals surface area contributed by atoms with E-state index in [9.17, 15) is 4.79 Å². The Hall–Kier alpha value is -1.62. The zero-order valence-electron chi connectivity index (χ0n) is 9.42. The Morgan fingerprint density at radius 3 is 2.94 bits per heavy atom. The Balaban J connectivity index is 2.48. The van der Waals surface area contributed by atoms with Crippen LogP contribution in [0.5, 0.6) is 0 Å². The van der Waals surface area contributed by atoms with E-state index in [-0.39, 0.29) is 18.1 Å². The van der Waals surface area contributed by atoms with Gasteiger partial charge in [-0.25, -0.2) is 4.52 Å². The van der Waals surface area contributed by atoms with Gasteiger partial charge in [-0.3, -0.25) is 4.79 Å². The molecule has 5 nitrogen and oxygen atoms in total. The van der Waals surface area contributed by atoms with Crippen LogP contribution in [0.1, 0.15) is 12.6 Å². The van der Waals surface area contributed by atoms with Crippen molar-refractivity contribution < 1.29 is 5.11 Å². The molecular weight excluding hydrogens is 206 g/mol. The minimum atomic E-state index is -0.0663. The van der Waals surface area contributed by atoms with Crippen LogP contribution in [0.15, 0.2) is 23.3 Å². The molecule has 2 heterocycles. The zero-order valence-corrected chi connectivity index (χ0v) is 9.42. The van der Waals surface area contributed by atoms with Gasteiger partial charge in [0.05, 0.1) is 5.69 Å². The fourth-order valence-electron chi connectivity index (χ4n) is 1.69. The Morgan fingerprint density at radius 1 is 1.50 bits per heavy atom. The molecule has 0 spiro atoms. The lowest BCUT2D eigenvalue weighted by Crippen LogP contribution is -2.25. The molecule has 5 heteroatoms. The van der Waals surface area contributed by atoms with Crippen LogP contribution >= 0.6 is 0 Å². The van der Waals surface area contributed by atoms with Gasteiger partial charge in [0, 0.05) is 25.5 Å². The summed E-state index contributed by atoms with van der Waals surface area (Å²) in [5.74, 6) is 0.0733. The second-order valence-electron chi connectivity index (χ2n) is 4.16. The molecule has 1 atom stereocenters. The first kappa shape index (κ1) is 10.9. The molecule has 86 valence electrons. The smallest absolute Gasteiger partial charge is 0.276 e. The number of aliphatic hydroxyl groups excluding tert-OH is 1. The minimum absolute atomic E-state index is 0.0663. The van der Waals surface area contributed by atoms with E-state index in [2.05, 4.69) is 5.10 Å². The van der Waals surface area contributed by atoms with Gasteiger partial charge in [-0.2, -0.15) is 5.10 Å². The van der Waals surface area contributed by atoms with Gasteiger partial charge in [0.2, 0.25) is 0 Å². The first-order chi connectivity index (χ1) is 7.61. The van der Waals surface area contributed by atoms with E-state index in [1.165, 1.54) is 0 Å². The van der Waals surface area contributed by atoms with Gasteiger partial charge in [0.15, 0.2) is 0 Å². The van der Waals surface area contributed by atoms with Gasteiger partial charge in [-0.1, -0.05) is 6.92 Å². The van der Waals surface area contributed by atoms with E-state index in [1.807, 2.05) is 13.8 Å². The molecule has 0 aliphatic heterocycles. The van der Waals surface area contributed by atoms with Crippen molar-refractivity contribution in [1.29, 1.82) is 0 Å². The van der Waals surface area contributed by atoms with Crippen LogP contribution in [0.2, 0.25) is 0 Å². The van der Waals surface area contributed by atoms with Crippen LogP contribution in [0.4, 0.5) is 0 Å². The van der Waals surface area contributed by atoms with E-state index < -0.39 is 0 Å². The molecule has 0 bridgehead atoms. The summed E-state index contributed by atoms with van der Waals surface area (Å²) in [7, 11) is 0. The first-order valence-electron chi connectivity index (χ1n) is 5.28. The third-order valence-electron chi connectivity index (χ3n) is 2.55. The van der Waals surface area contributed by atoms with E-state index in [1.54, 1.807) is 27.5 Å². The monoisotopic (exact) mass is 221 g/mol. The van der Waals surface area contributed by atoms with Crippen LogP contribution in [0, 0.1) is 12.8 Å². The molecule has 2 aromatic rings. The highest BCUT2D eigenvalue weighted by Crippen LogP contribution is 2.02. The van der Waals surface area contributed by atoms with E-state index in [0.717, 1.165) is 5.69 Å². The summed E-state index contributed by atoms with van der Waals surface area (Å²) < 4.78 is 3.19. The van der Waals surface area contributed by atoms with Crippen LogP contribution < -0.4 is 5.56 Å². The van der Waals surface area contributed by atoms with Gasteiger partial charge in [-0.15, -0.1) is 0 Å². The molecule has 0 aromatic carbocycles. The number of hydrogen-bond acceptors (Lipinski definition) is 3. The molecule has 2 aromatic heterocycles. The number of rotatable bonds is 3. The van der Waals surface area contributed by atoms with E-state index in [0.29, 0.717) is 12.1 Å². The molecule has 0 aliphatic carbocycles. The maximum absolute atomic E-state index is 12.0. The average Bonchev–Trinajstić information content (AvgIpc) is 2.64. The molecule has 16 heavy (non-hydrogen) atoms. The highest BCUT2D eigenvalue weighted by Gasteiger charge is 2.07. The van der Waals surface area contributed by atoms with Crippen molar-refractivity contribution in [2.24, 2.45) is 5.92 Å². The SMILES string of the molecule is Cc1cc2c(=O)n(CC(C)CO)ccn2n1. The molecule has 0 radical (unpaired) electrons. The molecule has 0 amide bonds. The molecule has 0 aliphatic rings. The fourth-order valence-corrected chi connectivity index (χ4v) is 1.69. The molecule has 0 fully saturated rings. The lowest BCUT2D eigenvalue weighted by atomic mass is 10.2. The number of fused-ring (bicyclic) bond motifs is 1. The molecule has 0 saturated carbocycles. The molecule has 1 unspecified atom stereocenters. The number of aryl methyl sites for hydroxylation is 1. The highest BCUT2D eigenvalue weighted by molar-refractivity contribution is 5.44. The zero-order chi connectivity index (χ0) is 11.7. The third kappa shape index (κ3) is 1.86. The summed E-state index contributed by atoms with van der Waals surface area (Å²) in [6, 6.07) is 1.77. The number of aliphatic hydroxyl groups is 1. The van der Waals surface area contributed by atoms with Crippen molar-refractivity contribution in [2.45, 2.75) is 20.4 Å². The molecular formula is C11H15N3O2. The standard InChI is InChI=1S/C11H15N3O2/c1-8(7-15)6-13-3-4-14-10(11(13)16)5-9(2)12-14/h3-5,8,15H,6-7H2,1-2H3. The van der Waals surface area contributed by atoms with Crippen molar-refractivity contribution in [3.05, 3.63) is 34.5 Å². The normalized spacial score (nSPS) is 13.2. The first-order valence-corrected chi connectivity index (χ1v) is 5.28. The third-order valence-corrected chi connectivity index (χ3v) is 2.55.